The summed E-state index contributed by atoms with van der Waals surface area (Å²) in [7, 11) is 0. The van der Waals surface area contributed by atoms with Crippen LogP contribution in [0.15, 0.2) is 12.1 Å². The number of hydrogen-bond acceptors (Lipinski definition) is 2. The summed E-state index contributed by atoms with van der Waals surface area (Å²) in [5.41, 5.74) is 0.576. The second-order valence-corrected chi connectivity index (χ2v) is 4.22. The lowest BCUT2D eigenvalue weighted by atomic mass is 10.2. The fourth-order valence-corrected chi connectivity index (χ4v) is 1.69. The third-order valence-corrected chi connectivity index (χ3v) is 2.89. The highest BCUT2D eigenvalue weighted by atomic mass is 35.5. The number of halogens is 3. The molecule has 0 aliphatic heterocycles. The molecular formula is C7H5Cl3O3S. The van der Waals surface area contributed by atoms with Crippen molar-refractivity contribution in [3.05, 3.63) is 32.8 Å². The molecule has 0 spiro atoms. The topological polar surface area (TPSA) is 46.5 Å². The summed E-state index contributed by atoms with van der Waals surface area (Å²) in [6.45, 7) is -0.0558. The first kappa shape index (κ1) is 12.2. The van der Waals surface area contributed by atoms with E-state index in [2.05, 4.69) is 4.18 Å². The van der Waals surface area contributed by atoms with E-state index in [-0.39, 0.29) is 21.7 Å². The van der Waals surface area contributed by atoms with Crippen molar-refractivity contribution in [2.75, 3.05) is 0 Å². The second kappa shape index (κ2) is 5.30. The summed E-state index contributed by atoms with van der Waals surface area (Å²) in [4.78, 5) is 0. The third kappa shape index (κ3) is 3.38. The maximum Gasteiger partial charge on any atom is 0.302 e. The zero-order valence-corrected chi connectivity index (χ0v) is 9.75. The van der Waals surface area contributed by atoms with Gasteiger partial charge in [-0.15, -0.1) is 0 Å². The van der Waals surface area contributed by atoms with Crippen molar-refractivity contribution in [3.8, 4) is 0 Å². The minimum absolute atomic E-state index is 0.0558. The van der Waals surface area contributed by atoms with Crippen LogP contribution in [-0.2, 0) is 22.2 Å². The van der Waals surface area contributed by atoms with E-state index >= 15 is 0 Å². The third-order valence-electron chi connectivity index (χ3n) is 1.37. The van der Waals surface area contributed by atoms with E-state index in [4.69, 9.17) is 39.4 Å². The Bertz CT molecular complexity index is 346. The van der Waals surface area contributed by atoms with Crippen LogP contribution < -0.4 is 0 Å². The van der Waals surface area contributed by atoms with Gasteiger partial charge in [-0.1, -0.05) is 34.8 Å². The van der Waals surface area contributed by atoms with Crippen LogP contribution in [0.4, 0.5) is 0 Å². The smallest absolute Gasteiger partial charge is 0.284 e. The minimum Gasteiger partial charge on any atom is -0.284 e. The lowest BCUT2D eigenvalue weighted by Gasteiger charge is -2.03. The molecule has 14 heavy (non-hydrogen) atoms. The van der Waals surface area contributed by atoms with Gasteiger partial charge in [0.05, 0.1) is 21.7 Å². The molecule has 78 valence electrons. The Morgan fingerprint density at radius 2 is 1.79 bits per heavy atom. The largest absolute Gasteiger partial charge is 0.302 e. The zero-order chi connectivity index (χ0) is 10.7. The standard InChI is InChI=1S/C7H5Cl3O3S/c8-5-1-4(3-13-14(11)12)2-6(9)7(5)10/h1-2H,3H2,(H,11,12). The molecule has 0 bridgehead atoms. The number of hydrogen-bond donors (Lipinski definition) is 1. The first-order chi connectivity index (χ1) is 6.50. The van der Waals surface area contributed by atoms with Gasteiger partial charge in [-0.3, -0.25) is 8.74 Å². The highest BCUT2D eigenvalue weighted by Gasteiger charge is 2.06. The molecule has 3 nitrogen and oxygen atoms in total. The maximum absolute atomic E-state index is 10.2. The van der Waals surface area contributed by atoms with Gasteiger partial charge >= 0.3 is 11.4 Å². The molecule has 1 rings (SSSR count). The minimum atomic E-state index is -2.30. The predicted octanol–water partition coefficient (Wildman–Crippen LogP) is 3.30. The van der Waals surface area contributed by atoms with Crippen LogP contribution in [0.25, 0.3) is 0 Å². The predicted molar refractivity (Wildman–Crippen MR) is 57.0 cm³/mol. The highest BCUT2D eigenvalue weighted by molar-refractivity contribution is 7.74. The number of benzene rings is 1. The first-order valence-corrected chi connectivity index (χ1v) is 5.55. The molecule has 0 radical (unpaired) electrons. The highest BCUT2D eigenvalue weighted by Crippen LogP contribution is 2.31. The summed E-state index contributed by atoms with van der Waals surface area (Å²) in [6, 6.07) is 3.03. The molecule has 1 atom stereocenters. The van der Waals surface area contributed by atoms with Gasteiger partial charge in [-0.25, -0.2) is 0 Å². The summed E-state index contributed by atoms with van der Waals surface area (Å²) in [5.74, 6) is 0. The molecule has 0 aliphatic carbocycles. The average Bonchev–Trinajstić information content (AvgIpc) is 2.10. The van der Waals surface area contributed by atoms with Crippen LogP contribution in [0.1, 0.15) is 5.56 Å². The molecule has 0 heterocycles. The van der Waals surface area contributed by atoms with Crippen molar-refractivity contribution >= 4 is 46.2 Å². The van der Waals surface area contributed by atoms with Crippen molar-refractivity contribution in [1.29, 1.82) is 0 Å². The monoisotopic (exact) mass is 274 g/mol. The summed E-state index contributed by atoms with van der Waals surface area (Å²) in [6.07, 6.45) is 0. The normalized spacial score (nSPS) is 12.9. The van der Waals surface area contributed by atoms with Crippen LogP contribution in [0.2, 0.25) is 15.1 Å². The van der Waals surface area contributed by atoms with Crippen molar-refractivity contribution < 1.29 is 12.9 Å². The van der Waals surface area contributed by atoms with Gasteiger partial charge in [0.25, 0.3) is 0 Å². The van der Waals surface area contributed by atoms with Gasteiger partial charge in [0.1, 0.15) is 0 Å². The summed E-state index contributed by atoms with van der Waals surface area (Å²) < 4.78 is 23.0. The Labute approximate surface area is 98.4 Å². The van der Waals surface area contributed by atoms with E-state index in [1.807, 2.05) is 0 Å². The van der Waals surface area contributed by atoms with Crippen LogP contribution in [0.5, 0.6) is 0 Å². The second-order valence-electron chi connectivity index (χ2n) is 2.35. The van der Waals surface area contributed by atoms with E-state index in [1.165, 1.54) is 12.1 Å². The Morgan fingerprint density at radius 3 is 2.21 bits per heavy atom. The van der Waals surface area contributed by atoms with E-state index in [0.717, 1.165) is 0 Å². The molecule has 0 saturated heterocycles. The SMILES string of the molecule is O=S(O)OCc1cc(Cl)c(Cl)c(Cl)c1. The lowest BCUT2D eigenvalue weighted by molar-refractivity contribution is 0.297. The molecular weight excluding hydrogens is 270 g/mol. The number of rotatable bonds is 3. The Kier molecular flexibility index (Phi) is 4.63. The van der Waals surface area contributed by atoms with Crippen molar-refractivity contribution in [2.45, 2.75) is 6.61 Å². The van der Waals surface area contributed by atoms with Crippen LogP contribution in [-0.4, -0.2) is 8.76 Å². The van der Waals surface area contributed by atoms with Gasteiger partial charge < -0.3 is 0 Å². The van der Waals surface area contributed by atoms with Crippen LogP contribution in [0, 0.1) is 0 Å². The Hall–Kier alpha value is 0.160. The molecule has 1 unspecified atom stereocenters. The first-order valence-electron chi connectivity index (χ1n) is 3.38. The quantitative estimate of drug-likeness (QED) is 0.680. The van der Waals surface area contributed by atoms with Gasteiger partial charge in [0.15, 0.2) is 0 Å². The molecule has 0 fully saturated rings. The molecule has 1 aromatic carbocycles. The average molecular weight is 276 g/mol. The van der Waals surface area contributed by atoms with E-state index in [9.17, 15) is 4.21 Å². The van der Waals surface area contributed by atoms with Gasteiger partial charge in [-0.05, 0) is 17.7 Å². The van der Waals surface area contributed by atoms with Crippen molar-refractivity contribution in [3.63, 3.8) is 0 Å². The van der Waals surface area contributed by atoms with Gasteiger partial charge in [0.2, 0.25) is 0 Å². The summed E-state index contributed by atoms with van der Waals surface area (Å²) in [5, 5.41) is 0.810. The molecule has 0 aromatic heterocycles. The van der Waals surface area contributed by atoms with Gasteiger partial charge in [-0.2, -0.15) is 4.21 Å². The van der Waals surface area contributed by atoms with E-state index in [0.29, 0.717) is 5.56 Å². The molecule has 1 N–H and O–H groups in total. The van der Waals surface area contributed by atoms with Crippen molar-refractivity contribution in [1.82, 2.24) is 0 Å². The molecule has 0 aliphatic rings. The molecule has 0 amide bonds. The Morgan fingerprint density at radius 1 is 1.29 bits per heavy atom. The van der Waals surface area contributed by atoms with Crippen LogP contribution in [0.3, 0.4) is 0 Å². The molecule has 0 saturated carbocycles. The lowest BCUT2D eigenvalue weighted by Crippen LogP contribution is -1.95. The van der Waals surface area contributed by atoms with E-state index < -0.39 is 11.4 Å². The van der Waals surface area contributed by atoms with Crippen LogP contribution >= 0.6 is 34.8 Å². The summed E-state index contributed by atoms with van der Waals surface area (Å²) >= 11 is 14.8. The van der Waals surface area contributed by atoms with Crippen molar-refractivity contribution in [2.24, 2.45) is 0 Å². The zero-order valence-electron chi connectivity index (χ0n) is 6.67. The van der Waals surface area contributed by atoms with E-state index in [1.54, 1.807) is 0 Å². The Balaban J connectivity index is 2.84. The maximum atomic E-state index is 10.2. The van der Waals surface area contributed by atoms with Gasteiger partial charge in [0, 0.05) is 0 Å². The molecule has 7 heteroatoms. The fourth-order valence-electron chi connectivity index (χ4n) is 0.810. The fraction of sp³-hybridized carbons (Fsp3) is 0.143. The molecule has 1 aromatic rings.